The van der Waals surface area contributed by atoms with Crippen molar-refractivity contribution >= 4 is 17.7 Å². The first-order valence-electron chi connectivity index (χ1n) is 27.2. The zero-order valence-corrected chi connectivity index (χ0v) is 46.2. The molecule has 3 saturated heterocycles. The summed E-state index contributed by atoms with van der Waals surface area (Å²) in [5.74, 6) is -7.22. The number of hydrogen-bond acceptors (Lipinski definition) is 16. The van der Waals surface area contributed by atoms with E-state index >= 15 is 13.6 Å². The number of alkyl halides is 2. The summed E-state index contributed by atoms with van der Waals surface area (Å²) >= 11 is 0. The normalized spacial score (nSPS) is 50.1. The number of ketones is 1. The van der Waals surface area contributed by atoms with Crippen molar-refractivity contribution in [2.45, 2.75) is 230 Å². The van der Waals surface area contributed by atoms with Gasteiger partial charge in [-0.15, -0.1) is 0 Å². The van der Waals surface area contributed by atoms with Crippen molar-refractivity contribution in [2.75, 3.05) is 33.7 Å². The minimum Gasteiger partial charge on any atom is -0.459 e. The van der Waals surface area contributed by atoms with Crippen LogP contribution in [-0.2, 0) is 38.1 Å². The van der Waals surface area contributed by atoms with Crippen LogP contribution in [0.2, 0.25) is 0 Å². The maximum Gasteiger partial charge on any atom is 0.311 e. The summed E-state index contributed by atoms with van der Waals surface area (Å²) in [5, 5.41) is 75.2. The molecule has 17 nitrogen and oxygen atoms in total. The molecule has 7 N–H and O–H groups in total. The molecule has 7 aliphatic rings. The lowest BCUT2D eigenvalue weighted by Gasteiger charge is -2.63. The Labute approximate surface area is 436 Å². The molecule has 1 amide bonds. The number of carbonyl (C=O) groups is 3. The molecule has 19 heteroatoms. The Morgan fingerprint density at radius 2 is 1.61 bits per heavy atom. The smallest absolute Gasteiger partial charge is 0.311 e. The number of aliphatic hydroxyl groups excluding tert-OH is 4. The number of cyclic esters (lactones) is 1. The van der Waals surface area contributed by atoms with E-state index in [1.54, 1.807) is 48.5 Å². The number of amides is 1. The number of likely N-dealkylation sites (N-methyl/N-ethyl adjacent to an activating group) is 1. The highest BCUT2D eigenvalue weighted by molar-refractivity contribution is 6.01. The van der Waals surface area contributed by atoms with Crippen LogP contribution in [0.25, 0.3) is 0 Å². The van der Waals surface area contributed by atoms with Crippen molar-refractivity contribution in [3.63, 3.8) is 0 Å². The molecule has 74 heavy (non-hydrogen) atoms. The maximum absolute atomic E-state index is 18.1. The first-order chi connectivity index (χ1) is 34.1. The van der Waals surface area contributed by atoms with Crippen LogP contribution in [0.5, 0.6) is 0 Å². The zero-order chi connectivity index (χ0) is 55.2. The topological polar surface area (TPSA) is 237 Å². The number of esters is 1. The predicted octanol–water partition coefficient (Wildman–Crippen LogP) is 3.67. The highest BCUT2D eigenvalue weighted by atomic mass is 19.1. The summed E-state index contributed by atoms with van der Waals surface area (Å²) in [6.45, 7) is 20.6. The van der Waals surface area contributed by atoms with Gasteiger partial charge in [-0.25, -0.2) is 8.78 Å². The predicted molar refractivity (Wildman–Crippen MR) is 268 cm³/mol. The molecule has 0 aromatic rings. The highest BCUT2D eigenvalue weighted by Crippen LogP contribution is 2.72. The molecule has 3 aliphatic heterocycles. The third kappa shape index (κ3) is 9.89. The Morgan fingerprint density at radius 3 is 2.24 bits per heavy atom. The van der Waals surface area contributed by atoms with Crippen LogP contribution in [0.1, 0.15) is 128 Å². The monoisotopic (exact) mass is 1050 g/mol. The van der Waals surface area contributed by atoms with Crippen LogP contribution < -0.4 is 5.32 Å². The number of rotatable bonds is 9. The number of nitrogens with zero attached hydrogens (tertiary/aromatic N) is 2. The van der Waals surface area contributed by atoms with Crippen molar-refractivity contribution in [1.82, 2.24) is 15.1 Å². The van der Waals surface area contributed by atoms with Gasteiger partial charge in [-0.3, -0.25) is 19.3 Å². The lowest BCUT2D eigenvalue weighted by Crippen LogP contribution is -2.71. The van der Waals surface area contributed by atoms with Crippen LogP contribution in [-0.4, -0.2) is 193 Å². The number of aliphatic hydroxyl groups is 6. The number of allylic oxidation sites excluding steroid dienone is 4. The van der Waals surface area contributed by atoms with Crippen molar-refractivity contribution in [1.29, 1.82) is 0 Å². The number of hydrogen-bond donors (Lipinski definition) is 7. The van der Waals surface area contributed by atoms with E-state index in [0.717, 1.165) is 6.08 Å². The van der Waals surface area contributed by atoms with Crippen LogP contribution in [0.4, 0.5) is 8.78 Å². The van der Waals surface area contributed by atoms with Crippen molar-refractivity contribution in [3.8, 4) is 0 Å². The number of halogens is 2. The summed E-state index contributed by atoms with van der Waals surface area (Å²) in [6, 6.07) is -1.13. The number of fused-ring (bicyclic) bond motifs is 7. The molecule has 3 saturated carbocycles. The molecule has 0 spiro atoms. The third-order valence-electron chi connectivity index (χ3n) is 19.2. The van der Waals surface area contributed by atoms with Gasteiger partial charge in [0.2, 0.25) is 0 Å². The molecule has 7 rings (SSSR count). The molecule has 0 aromatic carbocycles. The number of ether oxygens (including phenoxy) is 5. The molecule has 23 atom stereocenters. The molecule has 3 heterocycles. The largest absolute Gasteiger partial charge is 0.459 e. The van der Waals surface area contributed by atoms with Gasteiger partial charge in [0.15, 0.2) is 29.1 Å². The molecule has 0 bridgehead atoms. The first-order valence-corrected chi connectivity index (χ1v) is 27.2. The average molecular weight is 1050 g/mol. The SMILES string of the molecule is CC[C@H]1OC(=O)[C@H](C)C(O)[C@H](C)C(O[C@@H]2O[C@H](C)C[C@@H](N(C)C)[C@H]2O)[C@](C)(O)C[C@@H](C)CN(CCCNC(=O)[C@@]23OC(C)(C)O[C@@H]2CC2C4C[C@H](F)C5=CC(=O)C=C[C@]5(C)[C@@]4(F)[C@@H](O)C[C@@]23C)[C@H](C)[C@@H](O)[C@]1(C)O. The molecule has 0 radical (unpaired) electrons. The molecular formula is C55H89F2N3O14. The van der Waals surface area contributed by atoms with Gasteiger partial charge in [-0.2, -0.15) is 0 Å². The second kappa shape index (κ2) is 20.9. The van der Waals surface area contributed by atoms with Gasteiger partial charge in [0.25, 0.3) is 5.91 Å². The first kappa shape index (κ1) is 59.1. The second-order valence-electron chi connectivity index (χ2n) is 25.2. The van der Waals surface area contributed by atoms with E-state index in [9.17, 15) is 40.2 Å². The van der Waals surface area contributed by atoms with Crippen molar-refractivity contribution in [3.05, 3.63) is 23.8 Å². The average Bonchev–Trinajstić information content (AvgIpc) is 3.73. The fourth-order valence-electron chi connectivity index (χ4n) is 15.2. The van der Waals surface area contributed by atoms with Crippen molar-refractivity contribution < 1.29 is 77.5 Å². The molecule has 0 aromatic heterocycles. The summed E-state index contributed by atoms with van der Waals surface area (Å²) in [5.41, 5.74) is -10.6. The number of nitrogens with one attached hydrogen (secondary N) is 1. The van der Waals surface area contributed by atoms with Crippen LogP contribution in [0.15, 0.2) is 23.8 Å². The number of carbonyl (C=O) groups excluding carboxylic acids is 3. The minimum atomic E-state index is -2.37. The summed E-state index contributed by atoms with van der Waals surface area (Å²) < 4.78 is 66.1. The van der Waals surface area contributed by atoms with E-state index in [1.807, 2.05) is 37.7 Å². The summed E-state index contributed by atoms with van der Waals surface area (Å²) in [7, 11) is 3.69. The Balaban J connectivity index is 1.14. The Morgan fingerprint density at radius 1 is 0.946 bits per heavy atom. The van der Waals surface area contributed by atoms with E-state index in [1.165, 1.54) is 32.9 Å². The van der Waals surface area contributed by atoms with Crippen LogP contribution >= 0.6 is 0 Å². The molecule has 4 aliphatic carbocycles. The van der Waals surface area contributed by atoms with Gasteiger partial charge >= 0.3 is 5.97 Å². The second-order valence-corrected chi connectivity index (χ2v) is 25.2. The van der Waals surface area contributed by atoms with Crippen LogP contribution in [0, 0.1) is 40.4 Å². The van der Waals surface area contributed by atoms with Crippen molar-refractivity contribution in [2.24, 2.45) is 40.4 Å². The summed E-state index contributed by atoms with van der Waals surface area (Å²) in [6.07, 6.45) is -7.73. The Kier molecular flexibility index (Phi) is 16.7. The molecule has 6 fully saturated rings. The molecule has 422 valence electrons. The van der Waals surface area contributed by atoms with E-state index in [0.29, 0.717) is 12.8 Å². The third-order valence-corrected chi connectivity index (χ3v) is 19.2. The van der Waals surface area contributed by atoms with Gasteiger partial charge in [-0.05, 0) is 144 Å². The minimum absolute atomic E-state index is 0.00380. The zero-order valence-electron chi connectivity index (χ0n) is 46.2. The van der Waals surface area contributed by atoms with Gasteiger partial charge in [0.1, 0.15) is 30.1 Å². The van der Waals surface area contributed by atoms with Gasteiger partial charge < -0.3 is 64.5 Å². The summed E-state index contributed by atoms with van der Waals surface area (Å²) in [4.78, 5) is 45.1. The van der Waals surface area contributed by atoms with E-state index in [2.05, 4.69) is 5.32 Å². The standard InChI is InChI=1S/C55H89F2N3O14/c1-15-40-53(12,69)44(65)32(6)60(27-28(2)25-52(11,68)45(30(4)42(63)31(5)46(66)71-40)72-47-43(64)38(59(13)14)21-29(3)70-47)20-16-19-58-48(67)55-41(73-49(7,8)74-55)24-34-35-23-37(56)36-22-33(61)17-18-50(36,9)54(35,57)39(62)26-51(34,55)10/h17-18,22,28-32,34-35,37-45,47,62-65,68-69H,15-16,19-21,23-27H2,1-14H3,(H,58,67)/t28-,29-,30+,31-,32-,34?,35?,37+,38-,39+,40-,41-,42?,43-,44-,45?,47+,50+,51+,52-,53-,54+,55+/m1/s1. The lowest BCUT2D eigenvalue weighted by atomic mass is 9.44. The van der Waals surface area contributed by atoms with Gasteiger partial charge in [0.05, 0.1) is 42.0 Å². The Bertz CT molecular complexity index is 2140. The van der Waals surface area contributed by atoms with E-state index in [4.69, 9.17) is 23.7 Å². The maximum atomic E-state index is 18.1. The molecular weight excluding hydrogens is 965 g/mol. The lowest BCUT2D eigenvalue weighted by molar-refractivity contribution is -0.299. The van der Waals surface area contributed by atoms with Gasteiger partial charge in [0, 0.05) is 54.4 Å². The fraction of sp³-hybridized carbons (Fsp3) is 0.873. The fourth-order valence-corrected chi connectivity index (χ4v) is 15.2. The highest BCUT2D eigenvalue weighted by Gasteiger charge is 2.81. The van der Waals surface area contributed by atoms with E-state index in [-0.39, 0.29) is 75.4 Å². The molecule has 4 unspecified atom stereocenters. The van der Waals surface area contributed by atoms with Crippen LogP contribution in [0.3, 0.4) is 0 Å². The quantitative estimate of drug-likeness (QED) is 0.129. The Hall–Kier alpha value is -2.53. The van der Waals surface area contributed by atoms with Gasteiger partial charge in [-0.1, -0.05) is 33.8 Å². The van der Waals surface area contributed by atoms with E-state index < -0.39 is 142 Å².